The van der Waals surface area contributed by atoms with Crippen LogP contribution in [0.1, 0.15) is 16.5 Å². The van der Waals surface area contributed by atoms with Crippen LogP contribution >= 0.6 is 11.3 Å². The molecule has 1 aromatic heterocycles. The first kappa shape index (κ1) is 12.5. The van der Waals surface area contributed by atoms with Gasteiger partial charge in [-0.05, 0) is 36.2 Å². The summed E-state index contributed by atoms with van der Waals surface area (Å²) in [5, 5.41) is 5.49. The van der Waals surface area contributed by atoms with Gasteiger partial charge in [0.15, 0.2) is 11.5 Å². The molecule has 19 heavy (non-hydrogen) atoms. The maximum Gasteiger partial charge on any atom is 0.161 e. The van der Waals surface area contributed by atoms with Crippen molar-refractivity contribution < 1.29 is 9.47 Å². The first-order valence-electron chi connectivity index (χ1n) is 6.46. The van der Waals surface area contributed by atoms with Gasteiger partial charge in [0, 0.05) is 17.3 Å². The van der Waals surface area contributed by atoms with Gasteiger partial charge >= 0.3 is 0 Å². The molecule has 2 heterocycles. The van der Waals surface area contributed by atoms with E-state index in [-0.39, 0.29) is 0 Å². The van der Waals surface area contributed by atoms with Gasteiger partial charge in [0.2, 0.25) is 0 Å². The Balaban J connectivity index is 1.82. The highest BCUT2D eigenvalue weighted by molar-refractivity contribution is 7.09. The molecule has 1 aliphatic heterocycles. The highest BCUT2D eigenvalue weighted by Crippen LogP contribution is 2.33. The zero-order chi connectivity index (χ0) is 13.1. The Kier molecular flexibility index (Phi) is 3.71. The molecule has 0 fully saturated rings. The number of nitrogens with one attached hydrogen (secondary N) is 1. The van der Waals surface area contributed by atoms with E-state index in [1.54, 1.807) is 11.3 Å². The van der Waals surface area contributed by atoms with Crippen LogP contribution in [-0.4, -0.2) is 20.3 Å². The summed E-state index contributed by atoms with van der Waals surface area (Å²) in [7, 11) is 2.00. The number of hydrogen-bond acceptors (Lipinski definition) is 4. The Morgan fingerprint density at radius 1 is 1.21 bits per heavy atom. The first-order chi connectivity index (χ1) is 9.36. The fourth-order valence-corrected chi connectivity index (χ4v) is 3.05. The van der Waals surface area contributed by atoms with Gasteiger partial charge in [0.1, 0.15) is 13.2 Å². The molecule has 0 bridgehead atoms. The number of fused-ring (bicyclic) bond motifs is 1. The predicted molar refractivity (Wildman–Crippen MR) is 77.3 cm³/mol. The van der Waals surface area contributed by atoms with Gasteiger partial charge in [-0.15, -0.1) is 11.3 Å². The van der Waals surface area contributed by atoms with Crippen molar-refractivity contribution in [1.82, 2.24) is 5.32 Å². The molecule has 0 saturated carbocycles. The predicted octanol–water partition coefficient (Wildman–Crippen LogP) is 3.02. The highest BCUT2D eigenvalue weighted by atomic mass is 32.1. The molecule has 4 heteroatoms. The normalized spacial score (nSPS) is 15.2. The summed E-state index contributed by atoms with van der Waals surface area (Å²) >= 11 is 1.79. The number of likely N-dealkylation sites (N-methyl/N-ethyl adjacent to an activating group) is 1. The van der Waals surface area contributed by atoms with Crippen LogP contribution < -0.4 is 14.8 Å². The van der Waals surface area contributed by atoms with Gasteiger partial charge < -0.3 is 14.8 Å². The smallest absolute Gasteiger partial charge is 0.161 e. The largest absolute Gasteiger partial charge is 0.486 e. The van der Waals surface area contributed by atoms with Gasteiger partial charge in [0.05, 0.1) is 0 Å². The van der Waals surface area contributed by atoms with Crippen LogP contribution in [0.15, 0.2) is 35.7 Å². The van der Waals surface area contributed by atoms with E-state index in [1.807, 2.05) is 13.1 Å². The van der Waals surface area contributed by atoms with Crippen molar-refractivity contribution in [3.63, 3.8) is 0 Å². The summed E-state index contributed by atoms with van der Waals surface area (Å²) in [5.74, 6) is 1.70. The Labute approximate surface area is 117 Å². The summed E-state index contributed by atoms with van der Waals surface area (Å²) in [4.78, 5) is 1.38. The Morgan fingerprint density at radius 2 is 2.05 bits per heavy atom. The van der Waals surface area contributed by atoms with Crippen molar-refractivity contribution in [2.75, 3.05) is 20.3 Å². The van der Waals surface area contributed by atoms with E-state index in [2.05, 4.69) is 35.0 Å². The minimum atomic E-state index is 0.300. The first-order valence-corrected chi connectivity index (χ1v) is 7.34. The molecule has 2 aromatic rings. The van der Waals surface area contributed by atoms with Crippen LogP contribution in [0.3, 0.4) is 0 Å². The zero-order valence-corrected chi connectivity index (χ0v) is 11.7. The quantitative estimate of drug-likeness (QED) is 0.930. The molecule has 0 radical (unpaired) electrons. The van der Waals surface area contributed by atoms with Crippen LogP contribution in [0, 0.1) is 0 Å². The number of hydrogen-bond donors (Lipinski definition) is 1. The van der Waals surface area contributed by atoms with E-state index in [4.69, 9.17) is 9.47 Å². The second-order valence-corrected chi connectivity index (χ2v) is 5.56. The number of rotatable bonds is 4. The van der Waals surface area contributed by atoms with Crippen LogP contribution in [0.25, 0.3) is 0 Å². The monoisotopic (exact) mass is 275 g/mol. The minimum absolute atomic E-state index is 0.300. The average molecular weight is 275 g/mol. The molecule has 3 rings (SSSR count). The topological polar surface area (TPSA) is 30.5 Å². The molecular formula is C15H17NO2S. The van der Waals surface area contributed by atoms with Crippen LogP contribution in [0.5, 0.6) is 11.5 Å². The van der Waals surface area contributed by atoms with E-state index in [0.717, 1.165) is 17.9 Å². The summed E-state index contributed by atoms with van der Waals surface area (Å²) in [6.45, 7) is 1.27. The van der Waals surface area contributed by atoms with Gasteiger partial charge in [-0.25, -0.2) is 0 Å². The van der Waals surface area contributed by atoms with Crippen molar-refractivity contribution in [1.29, 1.82) is 0 Å². The fraction of sp³-hybridized carbons (Fsp3) is 0.333. The van der Waals surface area contributed by atoms with Gasteiger partial charge in [-0.2, -0.15) is 0 Å². The zero-order valence-electron chi connectivity index (χ0n) is 10.9. The molecular weight excluding hydrogens is 258 g/mol. The molecule has 0 amide bonds. The standard InChI is InChI=1S/C15H17NO2S/c1-16-13(10-12-3-2-8-19-12)11-4-5-14-15(9-11)18-7-6-17-14/h2-5,8-9,13,16H,6-7,10H2,1H3. The van der Waals surface area contributed by atoms with Gasteiger partial charge in [0.25, 0.3) is 0 Å². The van der Waals surface area contributed by atoms with Gasteiger partial charge in [-0.3, -0.25) is 0 Å². The lowest BCUT2D eigenvalue weighted by Crippen LogP contribution is -2.20. The van der Waals surface area contributed by atoms with Crippen LogP contribution in [0.2, 0.25) is 0 Å². The third kappa shape index (κ3) is 2.74. The highest BCUT2D eigenvalue weighted by Gasteiger charge is 2.16. The number of thiophene rings is 1. The fourth-order valence-electron chi connectivity index (χ4n) is 2.29. The third-order valence-electron chi connectivity index (χ3n) is 3.30. The molecule has 0 spiro atoms. The van der Waals surface area contributed by atoms with E-state index in [9.17, 15) is 0 Å². The Hall–Kier alpha value is -1.52. The van der Waals surface area contributed by atoms with Crippen molar-refractivity contribution in [3.8, 4) is 11.5 Å². The molecule has 3 nitrogen and oxygen atoms in total. The van der Waals surface area contributed by atoms with Crippen molar-refractivity contribution in [2.45, 2.75) is 12.5 Å². The van der Waals surface area contributed by atoms with Crippen molar-refractivity contribution in [3.05, 3.63) is 46.2 Å². The second-order valence-electron chi connectivity index (χ2n) is 4.53. The summed E-state index contributed by atoms with van der Waals surface area (Å²) in [6.07, 6.45) is 0.994. The molecule has 1 unspecified atom stereocenters. The van der Waals surface area contributed by atoms with Crippen molar-refractivity contribution >= 4 is 11.3 Å². The maximum absolute atomic E-state index is 5.64. The summed E-state index contributed by atoms with van der Waals surface area (Å²) < 4.78 is 11.2. The lowest BCUT2D eigenvalue weighted by Gasteiger charge is -2.21. The molecule has 100 valence electrons. The molecule has 1 aliphatic rings. The average Bonchev–Trinajstić information content (AvgIpc) is 2.97. The molecule has 0 aliphatic carbocycles. The number of ether oxygens (including phenoxy) is 2. The third-order valence-corrected chi connectivity index (χ3v) is 4.20. The Morgan fingerprint density at radius 3 is 2.79 bits per heavy atom. The molecule has 0 saturated heterocycles. The SMILES string of the molecule is CNC(Cc1cccs1)c1ccc2c(c1)OCCO2. The van der Waals surface area contributed by atoms with E-state index >= 15 is 0 Å². The van der Waals surface area contributed by atoms with Crippen LogP contribution in [-0.2, 0) is 6.42 Å². The summed E-state index contributed by atoms with van der Waals surface area (Å²) in [6, 6.07) is 10.8. The van der Waals surface area contributed by atoms with Crippen molar-refractivity contribution in [2.24, 2.45) is 0 Å². The van der Waals surface area contributed by atoms with Gasteiger partial charge in [-0.1, -0.05) is 12.1 Å². The summed E-state index contributed by atoms with van der Waals surface area (Å²) in [5.41, 5.74) is 1.24. The number of benzene rings is 1. The van der Waals surface area contributed by atoms with E-state index in [1.165, 1.54) is 10.4 Å². The lowest BCUT2D eigenvalue weighted by molar-refractivity contribution is 0.171. The minimum Gasteiger partial charge on any atom is -0.486 e. The second kappa shape index (κ2) is 5.63. The lowest BCUT2D eigenvalue weighted by atomic mass is 10.0. The van der Waals surface area contributed by atoms with E-state index in [0.29, 0.717) is 19.3 Å². The van der Waals surface area contributed by atoms with E-state index < -0.39 is 0 Å². The molecule has 1 N–H and O–H groups in total. The maximum atomic E-state index is 5.64. The van der Waals surface area contributed by atoms with Crippen LogP contribution in [0.4, 0.5) is 0 Å². The Bertz CT molecular complexity index is 539. The molecule has 1 aromatic carbocycles. The molecule has 1 atom stereocenters.